The van der Waals surface area contributed by atoms with Gasteiger partial charge in [0.2, 0.25) is 5.75 Å². The summed E-state index contributed by atoms with van der Waals surface area (Å²) in [5, 5.41) is 21.1. The molecule has 3 rings (SSSR count). The van der Waals surface area contributed by atoms with Crippen LogP contribution in [0.2, 0.25) is 0 Å². The van der Waals surface area contributed by atoms with E-state index in [4.69, 9.17) is 9.47 Å². The summed E-state index contributed by atoms with van der Waals surface area (Å²) < 4.78 is 10.4. The molecule has 3 unspecified atom stereocenters. The molecule has 3 atom stereocenters. The molecule has 2 aliphatic rings. The molecule has 2 aliphatic carbocycles. The topological polar surface area (TPSA) is 110 Å². The van der Waals surface area contributed by atoms with Crippen molar-refractivity contribution in [3.8, 4) is 17.2 Å². The lowest BCUT2D eigenvalue weighted by Gasteiger charge is -2.25. The number of esters is 2. The predicted octanol–water partition coefficient (Wildman–Crippen LogP) is 3.59. The zero-order valence-electron chi connectivity index (χ0n) is 17.8. The Balaban J connectivity index is 2.17. The van der Waals surface area contributed by atoms with Crippen molar-refractivity contribution < 1.29 is 34.1 Å². The molecule has 0 saturated heterocycles. The van der Waals surface area contributed by atoms with Gasteiger partial charge in [0, 0.05) is 25.3 Å². The van der Waals surface area contributed by atoms with Crippen LogP contribution in [0.15, 0.2) is 35.9 Å². The SMILES string of the molecule is CCCCC=CC1=Cc2c(cc(OC(C)=O)c(O)c2OC(C)=O)C1C1C(=O)C=CC1O. The molecule has 1 aromatic rings. The molecule has 0 bridgehead atoms. The number of hydrogen-bond donors (Lipinski definition) is 2. The summed E-state index contributed by atoms with van der Waals surface area (Å²) in [5.74, 6) is -3.68. The zero-order chi connectivity index (χ0) is 22.7. The third kappa shape index (κ3) is 4.61. The number of phenolic OH excluding ortho intramolecular Hbond substituents is 1. The number of unbranched alkanes of at least 4 members (excludes halogenated alkanes) is 2. The van der Waals surface area contributed by atoms with Crippen LogP contribution in [0.4, 0.5) is 0 Å². The van der Waals surface area contributed by atoms with Gasteiger partial charge < -0.3 is 19.7 Å². The van der Waals surface area contributed by atoms with E-state index >= 15 is 0 Å². The van der Waals surface area contributed by atoms with Gasteiger partial charge >= 0.3 is 11.9 Å². The van der Waals surface area contributed by atoms with E-state index < -0.39 is 35.6 Å². The molecule has 0 aromatic heterocycles. The van der Waals surface area contributed by atoms with Crippen LogP contribution < -0.4 is 9.47 Å². The highest BCUT2D eigenvalue weighted by Crippen LogP contribution is 2.53. The van der Waals surface area contributed by atoms with Gasteiger partial charge in [0.25, 0.3) is 0 Å². The number of carbonyl (C=O) groups excluding carboxylic acids is 3. The smallest absolute Gasteiger partial charge is 0.308 e. The van der Waals surface area contributed by atoms with Gasteiger partial charge in [-0.05, 0) is 35.8 Å². The first-order valence-corrected chi connectivity index (χ1v) is 10.3. The second-order valence-corrected chi connectivity index (χ2v) is 7.69. The monoisotopic (exact) mass is 426 g/mol. The summed E-state index contributed by atoms with van der Waals surface area (Å²) in [4.78, 5) is 35.8. The second kappa shape index (κ2) is 9.31. The molecule has 7 nitrogen and oxygen atoms in total. The number of carbonyl (C=O) groups is 3. The average molecular weight is 426 g/mol. The van der Waals surface area contributed by atoms with Crippen molar-refractivity contribution in [1.29, 1.82) is 0 Å². The van der Waals surface area contributed by atoms with Gasteiger partial charge in [-0.25, -0.2) is 0 Å². The number of benzene rings is 1. The van der Waals surface area contributed by atoms with E-state index in [-0.39, 0.29) is 17.3 Å². The van der Waals surface area contributed by atoms with Crippen LogP contribution in [0.1, 0.15) is 57.1 Å². The molecule has 0 amide bonds. The highest BCUT2D eigenvalue weighted by atomic mass is 16.6. The minimum atomic E-state index is -0.987. The summed E-state index contributed by atoms with van der Waals surface area (Å²) in [5.41, 5.74) is 1.68. The second-order valence-electron chi connectivity index (χ2n) is 7.69. The Labute approximate surface area is 180 Å². The van der Waals surface area contributed by atoms with E-state index in [1.165, 1.54) is 32.1 Å². The molecule has 7 heteroatoms. The van der Waals surface area contributed by atoms with Gasteiger partial charge in [-0.3, -0.25) is 14.4 Å². The Morgan fingerprint density at radius 2 is 1.90 bits per heavy atom. The maximum atomic E-state index is 12.6. The predicted molar refractivity (Wildman–Crippen MR) is 114 cm³/mol. The van der Waals surface area contributed by atoms with E-state index in [2.05, 4.69) is 6.92 Å². The molecule has 0 aliphatic heterocycles. The number of phenols is 1. The molecule has 0 spiro atoms. The number of allylic oxidation sites excluding steroid dienone is 4. The molecule has 0 fully saturated rings. The Morgan fingerprint density at radius 1 is 1.19 bits per heavy atom. The van der Waals surface area contributed by atoms with Crippen molar-refractivity contribution in [2.45, 2.75) is 52.1 Å². The summed E-state index contributed by atoms with van der Waals surface area (Å²) in [6, 6.07) is 1.46. The normalized spacial score (nSPS) is 22.0. The lowest BCUT2D eigenvalue weighted by atomic mass is 9.80. The van der Waals surface area contributed by atoms with Gasteiger partial charge in [-0.1, -0.05) is 38.0 Å². The number of fused-ring (bicyclic) bond motifs is 1. The maximum absolute atomic E-state index is 12.6. The van der Waals surface area contributed by atoms with E-state index in [0.717, 1.165) is 24.8 Å². The molecule has 0 radical (unpaired) electrons. The summed E-state index contributed by atoms with van der Waals surface area (Å²) in [6.07, 6.45) is 10.3. The molecule has 164 valence electrons. The maximum Gasteiger partial charge on any atom is 0.308 e. The van der Waals surface area contributed by atoms with Gasteiger partial charge in [-0.15, -0.1) is 0 Å². The van der Waals surface area contributed by atoms with Gasteiger partial charge in [0.1, 0.15) is 0 Å². The fraction of sp³-hybridized carbons (Fsp3) is 0.375. The Bertz CT molecular complexity index is 1000. The van der Waals surface area contributed by atoms with Crippen molar-refractivity contribution in [2.24, 2.45) is 5.92 Å². The van der Waals surface area contributed by atoms with Crippen LogP contribution in [0.25, 0.3) is 6.08 Å². The average Bonchev–Trinajstić information content (AvgIpc) is 3.20. The molecule has 31 heavy (non-hydrogen) atoms. The number of rotatable bonds is 7. The van der Waals surface area contributed by atoms with E-state index in [0.29, 0.717) is 11.1 Å². The van der Waals surface area contributed by atoms with Gasteiger partial charge in [0.15, 0.2) is 17.3 Å². The number of aromatic hydroxyl groups is 1. The largest absolute Gasteiger partial charge is 0.502 e. The molecule has 0 heterocycles. The summed E-state index contributed by atoms with van der Waals surface area (Å²) in [7, 11) is 0. The number of aliphatic hydroxyl groups is 1. The first-order chi connectivity index (χ1) is 14.7. The minimum Gasteiger partial charge on any atom is -0.502 e. The number of aliphatic hydroxyl groups excluding tert-OH is 1. The van der Waals surface area contributed by atoms with Gasteiger partial charge in [-0.2, -0.15) is 0 Å². The minimum absolute atomic E-state index is 0.142. The standard InChI is InChI=1S/C24H26O7/c1-4-5-6-7-8-15-11-17-16(21(15)22-18(27)9-10-19(22)28)12-20(30-13(2)25)23(29)24(17)31-14(3)26/h7-12,18,21-22,27,29H,4-6H2,1-3H3. The fourth-order valence-electron chi connectivity index (χ4n) is 4.03. The van der Waals surface area contributed by atoms with E-state index in [1.807, 2.05) is 12.2 Å². The summed E-state index contributed by atoms with van der Waals surface area (Å²) >= 11 is 0. The van der Waals surface area contributed by atoms with E-state index in [9.17, 15) is 24.6 Å². The van der Waals surface area contributed by atoms with Gasteiger partial charge in [0.05, 0.1) is 12.0 Å². The third-order valence-corrected chi connectivity index (χ3v) is 5.34. The van der Waals surface area contributed by atoms with Crippen molar-refractivity contribution in [3.05, 3.63) is 47.1 Å². The van der Waals surface area contributed by atoms with Crippen LogP contribution in [0, 0.1) is 5.92 Å². The van der Waals surface area contributed by atoms with Crippen molar-refractivity contribution >= 4 is 23.8 Å². The first kappa shape index (κ1) is 22.5. The van der Waals surface area contributed by atoms with E-state index in [1.54, 1.807) is 6.08 Å². The lowest BCUT2D eigenvalue weighted by Crippen LogP contribution is -2.27. The Hall–Kier alpha value is -3.19. The van der Waals surface area contributed by atoms with Crippen molar-refractivity contribution in [2.75, 3.05) is 0 Å². The zero-order valence-corrected chi connectivity index (χ0v) is 17.8. The van der Waals surface area contributed by atoms with Crippen LogP contribution in [0.3, 0.4) is 0 Å². The Kier molecular flexibility index (Phi) is 6.75. The highest BCUT2D eigenvalue weighted by Gasteiger charge is 2.43. The molecular weight excluding hydrogens is 400 g/mol. The van der Waals surface area contributed by atoms with Crippen LogP contribution in [-0.2, 0) is 14.4 Å². The third-order valence-electron chi connectivity index (χ3n) is 5.34. The molecular formula is C24H26O7. The van der Waals surface area contributed by atoms with Crippen molar-refractivity contribution in [1.82, 2.24) is 0 Å². The quantitative estimate of drug-likeness (QED) is 0.389. The number of ketones is 1. The molecule has 0 saturated carbocycles. The Morgan fingerprint density at radius 3 is 2.48 bits per heavy atom. The first-order valence-electron chi connectivity index (χ1n) is 10.3. The molecule has 1 aromatic carbocycles. The summed E-state index contributed by atoms with van der Waals surface area (Å²) in [6.45, 7) is 4.47. The number of hydrogen-bond acceptors (Lipinski definition) is 7. The van der Waals surface area contributed by atoms with Crippen LogP contribution in [-0.4, -0.2) is 34.0 Å². The number of ether oxygens (including phenoxy) is 2. The highest BCUT2D eigenvalue weighted by molar-refractivity contribution is 5.97. The fourth-order valence-corrected chi connectivity index (χ4v) is 4.03. The van der Waals surface area contributed by atoms with Crippen LogP contribution >= 0.6 is 0 Å². The van der Waals surface area contributed by atoms with Crippen LogP contribution in [0.5, 0.6) is 17.2 Å². The van der Waals surface area contributed by atoms with Crippen molar-refractivity contribution in [3.63, 3.8) is 0 Å². The lowest BCUT2D eigenvalue weighted by molar-refractivity contribution is -0.132. The molecule has 2 N–H and O–H groups in total.